The van der Waals surface area contributed by atoms with Gasteiger partial charge < -0.3 is 24.3 Å². The van der Waals surface area contributed by atoms with Crippen molar-refractivity contribution in [2.24, 2.45) is 7.05 Å². The molecule has 0 spiro atoms. The Labute approximate surface area is 235 Å². The lowest BCUT2D eigenvalue weighted by molar-refractivity contribution is -0.0368. The zero-order valence-electron chi connectivity index (χ0n) is 24.9. The molecule has 1 aliphatic rings. The topological polar surface area (TPSA) is 115 Å². The van der Waals surface area contributed by atoms with Crippen molar-refractivity contribution in [1.29, 1.82) is 0 Å². The van der Waals surface area contributed by atoms with Crippen molar-refractivity contribution in [1.82, 2.24) is 29.9 Å². The number of alkyl carbamates (subject to hydrolysis) is 1. The second-order valence-electron chi connectivity index (χ2n) is 11.3. The van der Waals surface area contributed by atoms with Crippen molar-refractivity contribution in [2.45, 2.75) is 91.4 Å². The number of hydrogen-bond donors (Lipinski definition) is 1. The zero-order valence-corrected chi connectivity index (χ0v) is 24.9. The first kappa shape index (κ1) is 29.5. The van der Waals surface area contributed by atoms with Crippen molar-refractivity contribution in [2.75, 3.05) is 13.7 Å². The molecule has 1 fully saturated rings. The van der Waals surface area contributed by atoms with E-state index in [1.807, 2.05) is 59.3 Å². The van der Waals surface area contributed by atoms with Crippen molar-refractivity contribution in [3.63, 3.8) is 0 Å². The first-order valence-corrected chi connectivity index (χ1v) is 13.8. The Morgan fingerprint density at radius 1 is 1.30 bits per heavy atom. The average molecular weight is 555 g/mol. The maximum atomic E-state index is 12.4. The molecular weight excluding hydrogens is 512 g/mol. The van der Waals surface area contributed by atoms with Gasteiger partial charge in [-0.2, -0.15) is 10.2 Å². The maximum absolute atomic E-state index is 12.4. The van der Waals surface area contributed by atoms with Gasteiger partial charge in [0.2, 0.25) is 5.88 Å². The molecular formula is C29H42N6O5. The number of hydrogen-bond acceptors (Lipinski definition) is 8. The van der Waals surface area contributed by atoms with E-state index >= 15 is 0 Å². The van der Waals surface area contributed by atoms with Gasteiger partial charge in [0.05, 0.1) is 40.8 Å². The Morgan fingerprint density at radius 2 is 2.05 bits per heavy atom. The van der Waals surface area contributed by atoms with E-state index in [4.69, 9.17) is 29.0 Å². The van der Waals surface area contributed by atoms with Gasteiger partial charge in [-0.3, -0.25) is 4.98 Å². The Morgan fingerprint density at radius 3 is 2.67 bits per heavy atom. The SMILES string of the molecule is C=Cc1nn(C2CCCCO2)c2c(C)nc(-c3c(COC)nn(C)c3OC(C)[C@@H](C)NC(=O)OC(C)(C)C)cc12. The van der Waals surface area contributed by atoms with Crippen LogP contribution in [-0.4, -0.2) is 62.1 Å². The van der Waals surface area contributed by atoms with Crippen LogP contribution in [0, 0.1) is 6.92 Å². The molecule has 40 heavy (non-hydrogen) atoms. The summed E-state index contributed by atoms with van der Waals surface area (Å²) in [4.78, 5) is 17.4. The first-order valence-electron chi connectivity index (χ1n) is 13.8. The molecule has 4 rings (SSSR count). The van der Waals surface area contributed by atoms with Gasteiger partial charge >= 0.3 is 6.09 Å². The number of ether oxygens (including phenoxy) is 4. The second-order valence-corrected chi connectivity index (χ2v) is 11.3. The summed E-state index contributed by atoms with van der Waals surface area (Å²) in [5, 5.41) is 13.3. The molecule has 1 N–H and O–H groups in total. The summed E-state index contributed by atoms with van der Waals surface area (Å²) in [6.45, 7) is 16.2. The highest BCUT2D eigenvalue weighted by Gasteiger charge is 2.28. The number of carbonyl (C=O) groups is 1. The number of nitrogens with one attached hydrogen (secondary N) is 1. The summed E-state index contributed by atoms with van der Waals surface area (Å²) >= 11 is 0. The van der Waals surface area contributed by atoms with Gasteiger partial charge in [-0.1, -0.05) is 6.58 Å². The molecule has 1 aliphatic heterocycles. The van der Waals surface area contributed by atoms with E-state index in [2.05, 4.69) is 17.0 Å². The van der Waals surface area contributed by atoms with Crippen molar-refractivity contribution < 1.29 is 23.7 Å². The standard InChI is InChI=1S/C29H42N6O5/c1-10-21-20-15-22(30-18(3)26(20)35(33-21)24-13-11-12-14-38-24)25-23(16-37-9)32-34(8)27(25)39-19(4)17(2)31-28(36)40-29(5,6)7/h10,15,17,19,24H,1,11-14,16H2,2-9H3,(H,31,36)/t17-,19?,24?/m1/s1. The maximum Gasteiger partial charge on any atom is 0.407 e. The Hall–Kier alpha value is -3.44. The second kappa shape index (κ2) is 12.0. The number of aromatic nitrogens is 5. The molecule has 3 atom stereocenters. The van der Waals surface area contributed by atoms with E-state index in [-0.39, 0.29) is 18.9 Å². The zero-order chi connectivity index (χ0) is 29.2. The summed E-state index contributed by atoms with van der Waals surface area (Å²) in [5.74, 6) is 0.520. The van der Waals surface area contributed by atoms with Crippen LogP contribution in [0.15, 0.2) is 12.6 Å². The van der Waals surface area contributed by atoms with Gasteiger partial charge in [0, 0.05) is 26.2 Å². The molecule has 0 aromatic carbocycles. The number of carbonyl (C=O) groups excluding carboxylic acids is 1. The van der Waals surface area contributed by atoms with E-state index in [0.717, 1.165) is 53.7 Å². The number of amides is 1. The molecule has 1 amide bonds. The average Bonchev–Trinajstić information content (AvgIpc) is 3.41. The summed E-state index contributed by atoms with van der Waals surface area (Å²) in [6, 6.07) is 1.66. The first-order chi connectivity index (χ1) is 18.9. The molecule has 0 radical (unpaired) electrons. The van der Waals surface area contributed by atoms with E-state index in [9.17, 15) is 4.79 Å². The monoisotopic (exact) mass is 554 g/mol. The summed E-state index contributed by atoms with van der Waals surface area (Å²) < 4.78 is 27.0. The van der Waals surface area contributed by atoms with Crippen LogP contribution in [0.25, 0.3) is 28.2 Å². The number of rotatable bonds is 9. The van der Waals surface area contributed by atoms with E-state index in [1.54, 1.807) is 17.9 Å². The molecule has 11 nitrogen and oxygen atoms in total. The number of fused-ring (bicyclic) bond motifs is 1. The van der Waals surface area contributed by atoms with Crippen LogP contribution < -0.4 is 10.1 Å². The minimum atomic E-state index is -0.596. The minimum Gasteiger partial charge on any atom is -0.472 e. The van der Waals surface area contributed by atoms with Crippen LogP contribution in [0.4, 0.5) is 4.79 Å². The van der Waals surface area contributed by atoms with E-state index in [1.165, 1.54) is 0 Å². The summed E-state index contributed by atoms with van der Waals surface area (Å²) in [7, 11) is 3.44. The number of aryl methyl sites for hydroxylation is 2. The summed E-state index contributed by atoms with van der Waals surface area (Å²) in [5.41, 5.74) is 4.01. The van der Waals surface area contributed by atoms with E-state index in [0.29, 0.717) is 17.3 Å². The van der Waals surface area contributed by atoms with Gasteiger partial charge in [-0.05, 0) is 72.9 Å². The third-order valence-electron chi connectivity index (χ3n) is 6.86. The Balaban J connectivity index is 1.73. The molecule has 218 valence electrons. The lowest BCUT2D eigenvalue weighted by Gasteiger charge is -2.25. The predicted octanol–water partition coefficient (Wildman–Crippen LogP) is 5.31. The van der Waals surface area contributed by atoms with Crippen LogP contribution in [0.5, 0.6) is 5.88 Å². The van der Waals surface area contributed by atoms with Crippen LogP contribution in [-0.2, 0) is 27.9 Å². The molecule has 11 heteroatoms. The third-order valence-corrected chi connectivity index (χ3v) is 6.86. The van der Waals surface area contributed by atoms with Gasteiger partial charge in [0.25, 0.3) is 0 Å². The fourth-order valence-corrected chi connectivity index (χ4v) is 4.86. The molecule has 1 saturated heterocycles. The van der Waals surface area contributed by atoms with Gasteiger partial charge in [0.15, 0.2) is 6.23 Å². The molecule has 3 aromatic heterocycles. The molecule has 0 bridgehead atoms. The summed E-state index contributed by atoms with van der Waals surface area (Å²) in [6.07, 6.45) is 3.78. The van der Waals surface area contributed by atoms with Crippen molar-refractivity contribution >= 4 is 23.1 Å². The van der Waals surface area contributed by atoms with Crippen LogP contribution in [0.2, 0.25) is 0 Å². The molecule has 3 aromatic rings. The number of methoxy groups -OCH3 is 1. The van der Waals surface area contributed by atoms with Crippen LogP contribution in [0.3, 0.4) is 0 Å². The largest absolute Gasteiger partial charge is 0.472 e. The van der Waals surface area contributed by atoms with Gasteiger partial charge in [0.1, 0.15) is 17.4 Å². The fraction of sp³-hybridized carbons (Fsp3) is 0.586. The van der Waals surface area contributed by atoms with E-state index < -0.39 is 17.8 Å². The lowest BCUT2D eigenvalue weighted by atomic mass is 10.1. The van der Waals surface area contributed by atoms with Crippen LogP contribution >= 0.6 is 0 Å². The Bertz CT molecular complexity index is 1370. The predicted molar refractivity (Wildman–Crippen MR) is 153 cm³/mol. The quantitative estimate of drug-likeness (QED) is 0.379. The van der Waals surface area contributed by atoms with Crippen molar-refractivity contribution in [3.8, 4) is 17.1 Å². The van der Waals surface area contributed by atoms with Gasteiger partial charge in [-0.25, -0.2) is 14.2 Å². The molecule has 0 aliphatic carbocycles. The van der Waals surface area contributed by atoms with Crippen molar-refractivity contribution in [3.05, 3.63) is 29.7 Å². The fourth-order valence-electron chi connectivity index (χ4n) is 4.86. The highest BCUT2D eigenvalue weighted by atomic mass is 16.6. The number of pyridine rings is 1. The minimum absolute atomic E-state index is 0.127. The third kappa shape index (κ3) is 6.31. The normalized spacial score (nSPS) is 17.4. The smallest absolute Gasteiger partial charge is 0.407 e. The molecule has 4 heterocycles. The lowest BCUT2D eigenvalue weighted by Crippen LogP contribution is -2.44. The molecule has 0 saturated carbocycles. The van der Waals surface area contributed by atoms with Crippen LogP contribution in [0.1, 0.15) is 77.2 Å². The highest BCUT2D eigenvalue weighted by molar-refractivity contribution is 5.92. The Kier molecular flexibility index (Phi) is 8.84. The number of nitrogens with zero attached hydrogens (tertiary/aromatic N) is 5. The highest BCUT2D eigenvalue weighted by Crippen LogP contribution is 2.37. The van der Waals surface area contributed by atoms with Gasteiger partial charge in [-0.15, -0.1) is 0 Å². The molecule has 2 unspecified atom stereocenters.